The minimum atomic E-state index is -0.458. The molecule has 0 aliphatic carbocycles. The lowest BCUT2D eigenvalue weighted by Crippen LogP contribution is -2.30. The largest absolute Gasteiger partial charge is 0.325 e. The Morgan fingerprint density at radius 3 is 2.21 bits per heavy atom. The van der Waals surface area contributed by atoms with Crippen LogP contribution in [0.25, 0.3) is 6.08 Å². The molecule has 0 saturated heterocycles. The van der Waals surface area contributed by atoms with E-state index in [-0.39, 0.29) is 23.3 Å². The van der Waals surface area contributed by atoms with E-state index in [1.807, 2.05) is 80.6 Å². The Balaban J connectivity index is 1.45. The number of hydrogen-bond acceptors (Lipinski definition) is 4. The third kappa shape index (κ3) is 8.45. The quantitative estimate of drug-likeness (QED) is 0.170. The molecule has 0 spiro atoms. The van der Waals surface area contributed by atoms with Crippen molar-refractivity contribution in [2.24, 2.45) is 0 Å². The first-order valence-electron chi connectivity index (χ1n) is 12.4. The van der Waals surface area contributed by atoms with E-state index in [9.17, 15) is 14.4 Å². The van der Waals surface area contributed by atoms with Crippen molar-refractivity contribution >= 4 is 46.9 Å². The predicted molar refractivity (Wildman–Crippen MR) is 159 cm³/mol. The summed E-state index contributed by atoms with van der Waals surface area (Å²) in [4.78, 5) is 39.4. The Morgan fingerprint density at radius 2 is 1.46 bits per heavy atom. The fraction of sp³-hybridized carbons (Fsp3) is 0.0938. The molecule has 6 nitrogen and oxygen atoms in total. The average Bonchev–Trinajstić information content (AvgIpc) is 2.93. The molecule has 4 rings (SSSR count). The SMILES string of the molecule is Cc1ccc(NC(=O)CSc2cccc(NC(=O)/C(=C\c3cccc(C)c3)NC(=O)c3ccccc3)c2)cc1. The second-order valence-corrected chi connectivity index (χ2v) is 10.0. The number of benzene rings is 4. The van der Waals surface area contributed by atoms with Crippen molar-refractivity contribution < 1.29 is 14.4 Å². The summed E-state index contributed by atoms with van der Waals surface area (Å²) in [6, 6.07) is 31.3. The van der Waals surface area contributed by atoms with Gasteiger partial charge in [-0.25, -0.2) is 0 Å². The van der Waals surface area contributed by atoms with E-state index < -0.39 is 5.91 Å². The molecule has 0 saturated carbocycles. The highest BCUT2D eigenvalue weighted by atomic mass is 32.2. The van der Waals surface area contributed by atoms with Gasteiger partial charge < -0.3 is 16.0 Å². The summed E-state index contributed by atoms with van der Waals surface area (Å²) in [6.07, 6.45) is 1.65. The molecule has 0 fully saturated rings. The van der Waals surface area contributed by atoms with Crippen LogP contribution >= 0.6 is 11.8 Å². The van der Waals surface area contributed by atoms with E-state index in [0.29, 0.717) is 11.3 Å². The van der Waals surface area contributed by atoms with Crippen LogP contribution in [0.5, 0.6) is 0 Å². The van der Waals surface area contributed by atoms with Crippen molar-refractivity contribution in [3.63, 3.8) is 0 Å². The number of carbonyl (C=O) groups excluding carboxylic acids is 3. The minimum Gasteiger partial charge on any atom is -0.325 e. The van der Waals surface area contributed by atoms with Crippen LogP contribution in [0.4, 0.5) is 11.4 Å². The summed E-state index contributed by atoms with van der Waals surface area (Å²) in [5.41, 5.74) is 4.81. The second kappa shape index (κ2) is 13.3. The van der Waals surface area contributed by atoms with Crippen molar-refractivity contribution in [1.29, 1.82) is 0 Å². The molecule has 0 aliphatic heterocycles. The third-order valence-corrected chi connectivity index (χ3v) is 6.67. The van der Waals surface area contributed by atoms with E-state index >= 15 is 0 Å². The lowest BCUT2D eigenvalue weighted by Gasteiger charge is -2.12. The van der Waals surface area contributed by atoms with Gasteiger partial charge in [0, 0.05) is 21.8 Å². The zero-order valence-corrected chi connectivity index (χ0v) is 22.5. The van der Waals surface area contributed by atoms with E-state index in [0.717, 1.165) is 27.3 Å². The van der Waals surface area contributed by atoms with E-state index in [4.69, 9.17) is 0 Å². The van der Waals surface area contributed by atoms with Gasteiger partial charge in [0.2, 0.25) is 5.91 Å². The van der Waals surface area contributed by atoms with Crippen molar-refractivity contribution in [1.82, 2.24) is 5.32 Å². The molecule has 0 aliphatic rings. The molecule has 3 N–H and O–H groups in total. The fourth-order valence-corrected chi connectivity index (χ4v) is 4.47. The Bertz CT molecular complexity index is 1500. The first kappa shape index (κ1) is 27.4. The van der Waals surface area contributed by atoms with Gasteiger partial charge in [0.15, 0.2) is 0 Å². The third-order valence-electron chi connectivity index (χ3n) is 5.68. The molecule has 4 aromatic rings. The molecule has 196 valence electrons. The monoisotopic (exact) mass is 535 g/mol. The molecule has 4 aromatic carbocycles. The van der Waals surface area contributed by atoms with E-state index in [2.05, 4.69) is 16.0 Å². The zero-order chi connectivity index (χ0) is 27.6. The van der Waals surface area contributed by atoms with Gasteiger partial charge in [0.1, 0.15) is 5.70 Å². The number of hydrogen-bond donors (Lipinski definition) is 3. The van der Waals surface area contributed by atoms with E-state index in [1.54, 1.807) is 42.5 Å². The zero-order valence-electron chi connectivity index (χ0n) is 21.7. The van der Waals surface area contributed by atoms with Crippen molar-refractivity contribution in [3.8, 4) is 0 Å². The molecule has 3 amide bonds. The fourth-order valence-electron chi connectivity index (χ4n) is 3.71. The molecular weight excluding hydrogens is 506 g/mol. The predicted octanol–water partition coefficient (Wildman–Crippen LogP) is 6.44. The molecule has 0 aromatic heterocycles. The van der Waals surface area contributed by atoms with Gasteiger partial charge in [-0.3, -0.25) is 14.4 Å². The van der Waals surface area contributed by atoms with Crippen LogP contribution < -0.4 is 16.0 Å². The Hall–Kier alpha value is -4.62. The van der Waals surface area contributed by atoms with Gasteiger partial charge in [0.05, 0.1) is 5.75 Å². The van der Waals surface area contributed by atoms with Crippen molar-refractivity contribution in [2.45, 2.75) is 18.7 Å². The van der Waals surface area contributed by atoms with Gasteiger partial charge in [-0.1, -0.05) is 71.8 Å². The number of anilines is 2. The molecule has 0 heterocycles. The number of rotatable bonds is 9. The molecule has 0 unspecified atom stereocenters. The van der Waals surface area contributed by atoms with Gasteiger partial charge in [0.25, 0.3) is 11.8 Å². The van der Waals surface area contributed by atoms with Gasteiger partial charge in [-0.05, 0) is 68.0 Å². The molecule has 0 bridgehead atoms. The number of carbonyl (C=O) groups is 3. The number of thioether (sulfide) groups is 1. The Morgan fingerprint density at radius 1 is 0.718 bits per heavy atom. The van der Waals surface area contributed by atoms with Crippen LogP contribution in [0.2, 0.25) is 0 Å². The summed E-state index contributed by atoms with van der Waals surface area (Å²) in [5.74, 6) is -0.740. The highest BCUT2D eigenvalue weighted by Crippen LogP contribution is 2.23. The Labute approximate surface area is 232 Å². The van der Waals surface area contributed by atoms with E-state index in [1.165, 1.54) is 11.8 Å². The highest BCUT2D eigenvalue weighted by molar-refractivity contribution is 8.00. The summed E-state index contributed by atoms with van der Waals surface area (Å²) < 4.78 is 0. The van der Waals surface area contributed by atoms with Crippen LogP contribution in [0, 0.1) is 13.8 Å². The van der Waals surface area contributed by atoms with Crippen LogP contribution in [0.3, 0.4) is 0 Å². The van der Waals surface area contributed by atoms with Gasteiger partial charge in [-0.15, -0.1) is 11.8 Å². The molecule has 39 heavy (non-hydrogen) atoms. The maximum absolute atomic E-state index is 13.3. The first-order chi connectivity index (χ1) is 18.9. The molecular formula is C32H29N3O3S. The summed E-state index contributed by atoms with van der Waals surface area (Å²) in [5, 5.41) is 8.51. The number of nitrogens with one attached hydrogen (secondary N) is 3. The average molecular weight is 536 g/mol. The minimum absolute atomic E-state index is 0.116. The number of amides is 3. The number of aryl methyl sites for hydroxylation is 2. The van der Waals surface area contributed by atoms with Crippen molar-refractivity contribution in [3.05, 3.63) is 131 Å². The lowest BCUT2D eigenvalue weighted by molar-refractivity contribution is -0.114. The maximum Gasteiger partial charge on any atom is 0.272 e. The van der Waals surface area contributed by atoms with Crippen molar-refractivity contribution in [2.75, 3.05) is 16.4 Å². The molecule has 0 radical (unpaired) electrons. The smallest absolute Gasteiger partial charge is 0.272 e. The maximum atomic E-state index is 13.3. The summed E-state index contributed by atoms with van der Waals surface area (Å²) in [7, 11) is 0. The summed E-state index contributed by atoms with van der Waals surface area (Å²) >= 11 is 1.37. The van der Waals surface area contributed by atoms with Crippen LogP contribution in [0.15, 0.2) is 114 Å². The standard InChI is InChI=1S/C32H29N3O3S/c1-22-14-16-26(17-15-22)33-30(36)21-39-28-13-7-12-27(20-28)34-32(38)29(19-24-9-6-8-23(2)18-24)35-31(37)25-10-4-3-5-11-25/h3-20H,21H2,1-2H3,(H,33,36)(H,34,38)(H,35,37)/b29-19+. The topological polar surface area (TPSA) is 87.3 Å². The Kier molecular flexibility index (Phi) is 9.32. The van der Waals surface area contributed by atoms with Gasteiger partial charge >= 0.3 is 0 Å². The molecule has 0 atom stereocenters. The first-order valence-corrected chi connectivity index (χ1v) is 13.4. The normalized spacial score (nSPS) is 11.0. The summed E-state index contributed by atoms with van der Waals surface area (Å²) in [6.45, 7) is 3.95. The van der Waals surface area contributed by atoms with Crippen LogP contribution in [-0.2, 0) is 9.59 Å². The molecule has 7 heteroatoms. The van der Waals surface area contributed by atoms with Gasteiger partial charge in [-0.2, -0.15) is 0 Å². The lowest BCUT2D eigenvalue weighted by atomic mass is 10.1. The van der Waals surface area contributed by atoms with Crippen LogP contribution in [-0.4, -0.2) is 23.5 Å². The van der Waals surface area contributed by atoms with Crippen LogP contribution in [0.1, 0.15) is 27.0 Å². The second-order valence-electron chi connectivity index (χ2n) is 8.98. The highest BCUT2D eigenvalue weighted by Gasteiger charge is 2.15.